The Balaban J connectivity index is 2.10. The Bertz CT molecular complexity index is 697. The fourth-order valence-electron chi connectivity index (χ4n) is 2.50. The molecule has 2 rings (SSSR count). The lowest BCUT2D eigenvalue weighted by atomic mass is 10.1. The first-order chi connectivity index (χ1) is 11.3. The van der Waals surface area contributed by atoms with E-state index >= 15 is 0 Å². The second kappa shape index (κ2) is 7.31. The Labute approximate surface area is 141 Å². The predicted molar refractivity (Wildman–Crippen MR) is 86.8 cm³/mol. The van der Waals surface area contributed by atoms with Gasteiger partial charge in [0, 0.05) is 0 Å². The standard InChI is InChI=1S/C16H21NO6S/c1-2-23-14(18)11-16(8-9-16)24(21,22)17-13(15(19)20)10-12-6-4-3-5-7-12/h3-7,13,17H,2,8-11H2,1H3,(H,19,20)/t13-/m1/s1. The van der Waals surface area contributed by atoms with E-state index in [9.17, 15) is 23.1 Å². The molecule has 0 bridgehead atoms. The predicted octanol–water partition coefficient (Wildman–Crippen LogP) is 1.09. The number of rotatable bonds is 9. The van der Waals surface area contributed by atoms with Crippen molar-refractivity contribution in [3.05, 3.63) is 35.9 Å². The number of esters is 1. The molecule has 1 fully saturated rings. The van der Waals surface area contributed by atoms with Gasteiger partial charge in [0.25, 0.3) is 0 Å². The zero-order valence-corrected chi connectivity index (χ0v) is 14.2. The van der Waals surface area contributed by atoms with E-state index in [-0.39, 0.29) is 19.4 Å². The molecule has 7 nitrogen and oxygen atoms in total. The summed E-state index contributed by atoms with van der Waals surface area (Å²) in [4.78, 5) is 23.1. The number of carbonyl (C=O) groups excluding carboxylic acids is 1. The summed E-state index contributed by atoms with van der Waals surface area (Å²) in [5.41, 5.74) is 0.711. The summed E-state index contributed by atoms with van der Waals surface area (Å²) in [5, 5.41) is 9.33. The highest BCUT2D eigenvalue weighted by Crippen LogP contribution is 2.46. The van der Waals surface area contributed by atoms with E-state index in [0.29, 0.717) is 18.4 Å². The molecule has 0 heterocycles. The van der Waals surface area contributed by atoms with Gasteiger partial charge < -0.3 is 9.84 Å². The second-order valence-electron chi connectivity index (χ2n) is 5.87. The number of carbonyl (C=O) groups is 2. The maximum Gasteiger partial charge on any atom is 0.322 e. The number of ether oxygens (including phenoxy) is 1. The number of hydrogen-bond acceptors (Lipinski definition) is 5. The van der Waals surface area contributed by atoms with Gasteiger partial charge in [-0.15, -0.1) is 0 Å². The van der Waals surface area contributed by atoms with Gasteiger partial charge in [0.2, 0.25) is 10.0 Å². The third-order valence-electron chi connectivity index (χ3n) is 4.03. The maximum atomic E-state index is 12.6. The smallest absolute Gasteiger partial charge is 0.322 e. The molecule has 24 heavy (non-hydrogen) atoms. The van der Waals surface area contributed by atoms with Gasteiger partial charge in [-0.25, -0.2) is 13.1 Å². The lowest BCUT2D eigenvalue weighted by Gasteiger charge is -2.20. The molecule has 0 aliphatic heterocycles. The van der Waals surface area contributed by atoms with Crippen molar-refractivity contribution in [1.82, 2.24) is 4.72 Å². The molecular weight excluding hydrogens is 334 g/mol. The maximum absolute atomic E-state index is 12.6. The van der Waals surface area contributed by atoms with Gasteiger partial charge >= 0.3 is 11.9 Å². The number of hydrogen-bond donors (Lipinski definition) is 2. The van der Waals surface area contributed by atoms with Gasteiger partial charge in [-0.1, -0.05) is 30.3 Å². The van der Waals surface area contributed by atoms with Crippen molar-refractivity contribution in [3.63, 3.8) is 0 Å². The molecular formula is C16H21NO6S. The summed E-state index contributed by atoms with van der Waals surface area (Å²) < 4.78 is 31.0. The minimum atomic E-state index is -3.96. The first-order valence-corrected chi connectivity index (χ1v) is 9.22. The number of benzene rings is 1. The molecule has 132 valence electrons. The van der Waals surface area contributed by atoms with Crippen LogP contribution in [0.25, 0.3) is 0 Å². The van der Waals surface area contributed by atoms with E-state index in [4.69, 9.17) is 4.74 Å². The summed E-state index contributed by atoms with van der Waals surface area (Å²) >= 11 is 0. The van der Waals surface area contributed by atoms with Crippen LogP contribution in [0.4, 0.5) is 0 Å². The minimum Gasteiger partial charge on any atom is -0.480 e. The van der Waals surface area contributed by atoms with E-state index in [2.05, 4.69) is 4.72 Å². The summed E-state index contributed by atoms with van der Waals surface area (Å²) in [6.07, 6.45) is 0.413. The number of sulfonamides is 1. The first-order valence-electron chi connectivity index (χ1n) is 7.74. The lowest BCUT2D eigenvalue weighted by Crippen LogP contribution is -2.47. The molecule has 0 unspecified atom stereocenters. The van der Waals surface area contributed by atoms with Crippen molar-refractivity contribution in [2.24, 2.45) is 0 Å². The summed E-state index contributed by atoms with van der Waals surface area (Å²) in [6, 6.07) is 7.49. The van der Waals surface area contributed by atoms with Gasteiger partial charge in [0.15, 0.2) is 0 Å². The third-order valence-corrected chi connectivity index (χ3v) is 6.32. The molecule has 1 aliphatic rings. The number of aliphatic carboxylic acids is 1. The average Bonchev–Trinajstić information content (AvgIpc) is 3.29. The van der Waals surface area contributed by atoms with Gasteiger partial charge in [0.05, 0.1) is 17.8 Å². The van der Waals surface area contributed by atoms with Gasteiger partial charge in [0.1, 0.15) is 6.04 Å². The van der Waals surface area contributed by atoms with Gasteiger partial charge in [-0.3, -0.25) is 9.59 Å². The quantitative estimate of drug-likeness (QED) is 0.642. The summed E-state index contributed by atoms with van der Waals surface area (Å²) in [6.45, 7) is 1.82. The fraction of sp³-hybridized carbons (Fsp3) is 0.500. The first kappa shape index (κ1) is 18.4. The highest BCUT2D eigenvalue weighted by molar-refractivity contribution is 7.91. The van der Waals surface area contributed by atoms with E-state index in [0.717, 1.165) is 0 Å². The highest BCUT2D eigenvalue weighted by atomic mass is 32.2. The van der Waals surface area contributed by atoms with Crippen LogP contribution in [0.5, 0.6) is 0 Å². The molecule has 0 radical (unpaired) electrons. The molecule has 0 saturated heterocycles. The average molecular weight is 355 g/mol. The zero-order chi connectivity index (χ0) is 17.8. The SMILES string of the molecule is CCOC(=O)CC1(S(=O)(=O)N[C@H](Cc2ccccc2)C(=O)O)CC1. The van der Waals surface area contributed by atoms with Crippen LogP contribution in [0.15, 0.2) is 30.3 Å². The molecule has 0 spiro atoms. The Hall–Kier alpha value is -1.93. The van der Waals surface area contributed by atoms with E-state index in [1.807, 2.05) is 0 Å². The molecule has 0 aromatic heterocycles. The van der Waals surface area contributed by atoms with Gasteiger partial charge in [-0.2, -0.15) is 0 Å². The van der Waals surface area contributed by atoms with E-state index < -0.39 is 32.8 Å². The largest absolute Gasteiger partial charge is 0.480 e. The molecule has 8 heteroatoms. The van der Waals surface area contributed by atoms with E-state index in [1.54, 1.807) is 37.3 Å². The molecule has 1 aromatic carbocycles. The van der Waals surface area contributed by atoms with Crippen LogP contribution in [-0.2, 0) is 30.8 Å². The Morgan fingerprint density at radius 2 is 1.92 bits per heavy atom. The Kier molecular flexibility index (Phi) is 5.61. The van der Waals surface area contributed by atoms with Crippen LogP contribution < -0.4 is 4.72 Å². The zero-order valence-electron chi connectivity index (χ0n) is 13.4. The number of carboxylic acid groups (broad SMARTS) is 1. The molecule has 1 aromatic rings. The third kappa shape index (κ3) is 4.33. The lowest BCUT2D eigenvalue weighted by molar-refractivity contribution is -0.143. The topological polar surface area (TPSA) is 110 Å². The fourth-order valence-corrected chi connectivity index (χ4v) is 4.25. The normalized spacial score (nSPS) is 17.0. The highest BCUT2D eigenvalue weighted by Gasteiger charge is 2.56. The van der Waals surface area contributed by atoms with Crippen molar-refractivity contribution in [2.45, 2.75) is 43.4 Å². The molecule has 1 saturated carbocycles. The Morgan fingerprint density at radius 3 is 2.42 bits per heavy atom. The summed E-state index contributed by atoms with van der Waals surface area (Å²) in [5.74, 6) is -1.84. The molecule has 1 atom stereocenters. The second-order valence-corrected chi connectivity index (χ2v) is 7.98. The van der Waals surface area contributed by atoms with Crippen molar-refractivity contribution in [2.75, 3.05) is 6.61 Å². The number of carboxylic acids is 1. The van der Waals surface area contributed by atoms with Crippen LogP contribution >= 0.6 is 0 Å². The number of nitrogens with one attached hydrogen (secondary N) is 1. The molecule has 0 amide bonds. The van der Waals surface area contributed by atoms with Crippen LogP contribution in [0.3, 0.4) is 0 Å². The minimum absolute atomic E-state index is 0.0326. The Morgan fingerprint density at radius 1 is 1.29 bits per heavy atom. The van der Waals surface area contributed by atoms with Gasteiger partial charge in [-0.05, 0) is 31.7 Å². The van der Waals surface area contributed by atoms with Crippen molar-refractivity contribution >= 4 is 22.0 Å². The monoisotopic (exact) mass is 355 g/mol. The van der Waals surface area contributed by atoms with Crippen LogP contribution in [0.1, 0.15) is 31.7 Å². The van der Waals surface area contributed by atoms with Crippen LogP contribution in [0, 0.1) is 0 Å². The van der Waals surface area contributed by atoms with Crippen molar-refractivity contribution in [1.29, 1.82) is 0 Å². The summed E-state index contributed by atoms with van der Waals surface area (Å²) in [7, 11) is -3.96. The van der Waals surface area contributed by atoms with Crippen molar-refractivity contribution in [3.8, 4) is 0 Å². The molecule has 2 N–H and O–H groups in total. The molecule has 1 aliphatic carbocycles. The van der Waals surface area contributed by atoms with Crippen molar-refractivity contribution < 1.29 is 27.9 Å². The van der Waals surface area contributed by atoms with E-state index in [1.165, 1.54) is 0 Å². The van der Waals surface area contributed by atoms with Crippen LogP contribution in [0.2, 0.25) is 0 Å². The van der Waals surface area contributed by atoms with Crippen LogP contribution in [-0.4, -0.2) is 42.9 Å².